The van der Waals surface area contributed by atoms with Gasteiger partial charge in [-0.05, 0) is 31.5 Å². The first-order valence-electron chi connectivity index (χ1n) is 5.82. The molecule has 3 nitrogen and oxygen atoms in total. The topological polar surface area (TPSA) is 47.3 Å². The summed E-state index contributed by atoms with van der Waals surface area (Å²) in [5.74, 6) is 0. The van der Waals surface area contributed by atoms with Gasteiger partial charge in [0, 0.05) is 13.1 Å². The third-order valence-electron chi connectivity index (χ3n) is 3.22. The molecule has 0 saturated carbocycles. The van der Waals surface area contributed by atoms with Gasteiger partial charge in [-0.15, -0.1) is 0 Å². The zero-order valence-electron chi connectivity index (χ0n) is 10.3. The van der Waals surface area contributed by atoms with Crippen LogP contribution in [0.2, 0.25) is 0 Å². The van der Waals surface area contributed by atoms with E-state index in [2.05, 4.69) is 0 Å². The molecule has 6 heteroatoms. The lowest BCUT2D eigenvalue weighted by atomic mass is 10.1. The fraction of sp³-hybridized carbons (Fsp3) is 0.462. The lowest BCUT2D eigenvalue weighted by molar-refractivity contribution is -0.137. The molecule has 1 saturated heterocycles. The maximum atomic E-state index is 13.0. The summed E-state index contributed by atoms with van der Waals surface area (Å²) in [5.41, 5.74) is -1.63. The van der Waals surface area contributed by atoms with E-state index in [4.69, 9.17) is 5.26 Å². The summed E-state index contributed by atoms with van der Waals surface area (Å²) in [7, 11) is 0. The standard InChI is InChI=1S/C13H13F3N2O/c1-12(19)4-5-18(8-12)11-6-9(7-17)2-3-10(11)13(14,15)16/h2-3,6,19H,4-5,8H2,1H3. The van der Waals surface area contributed by atoms with Crippen molar-refractivity contribution in [3.63, 3.8) is 0 Å². The van der Waals surface area contributed by atoms with E-state index < -0.39 is 17.3 Å². The van der Waals surface area contributed by atoms with Crippen LogP contribution in [0.15, 0.2) is 18.2 Å². The maximum Gasteiger partial charge on any atom is 0.418 e. The molecule has 1 heterocycles. The van der Waals surface area contributed by atoms with Gasteiger partial charge in [0.05, 0.1) is 28.5 Å². The molecular formula is C13H13F3N2O. The number of rotatable bonds is 1. The zero-order chi connectivity index (χ0) is 14.3. The Balaban J connectivity index is 2.46. The first-order valence-corrected chi connectivity index (χ1v) is 5.82. The molecule has 1 N–H and O–H groups in total. The number of alkyl halides is 3. The molecule has 0 radical (unpaired) electrons. The molecular weight excluding hydrogens is 257 g/mol. The summed E-state index contributed by atoms with van der Waals surface area (Å²) in [6.45, 7) is 2.06. The minimum absolute atomic E-state index is 0.0377. The Morgan fingerprint density at radius 1 is 1.42 bits per heavy atom. The van der Waals surface area contributed by atoms with Crippen molar-refractivity contribution in [2.24, 2.45) is 0 Å². The normalized spacial score (nSPS) is 23.5. The number of nitriles is 1. The van der Waals surface area contributed by atoms with E-state index in [9.17, 15) is 18.3 Å². The quantitative estimate of drug-likeness (QED) is 0.853. The highest BCUT2D eigenvalue weighted by molar-refractivity contribution is 5.59. The first-order chi connectivity index (χ1) is 8.73. The second-order valence-electron chi connectivity index (χ2n) is 5.01. The van der Waals surface area contributed by atoms with Crippen LogP contribution in [0.1, 0.15) is 24.5 Å². The molecule has 1 unspecified atom stereocenters. The summed E-state index contributed by atoms with van der Waals surface area (Å²) in [6.07, 6.45) is -4.07. The average molecular weight is 270 g/mol. The number of hydrogen-bond donors (Lipinski definition) is 1. The van der Waals surface area contributed by atoms with Crippen molar-refractivity contribution in [2.75, 3.05) is 18.0 Å². The van der Waals surface area contributed by atoms with Gasteiger partial charge in [-0.3, -0.25) is 0 Å². The molecule has 1 aromatic carbocycles. The monoisotopic (exact) mass is 270 g/mol. The van der Waals surface area contributed by atoms with Gasteiger partial charge >= 0.3 is 6.18 Å². The number of hydrogen-bond acceptors (Lipinski definition) is 3. The molecule has 2 rings (SSSR count). The van der Waals surface area contributed by atoms with Gasteiger partial charge in [0.1, 0.15) is 0 Å². The Labute approximate surface area is 108 Å². The lowest BCUT2D eigenvalue weighted by Crippen LogP contribution is -2.30. The van der Waals surface area contributed by atoms with E-state index in [1.807, 2.05) is 6.07 Å². The minimum Gasteiger partial charge on any atom is -0.388 e. The number of β-amino-alcohol motifs (C(OH)–C–C–N with tert-alkyl or cyclic N) is 1. The Kier molecular flexibility index (Phi) is 3.19. The second kappa shape index (κ2) is 4.42. The van der Waals surface area contributed by atoms with Crippen LogP contribution in [-0.4, -0.2) is 23.8 Å². The number of halogens is 3. The van der Waals surface area contributed by atoms with Crippen molar-refractivity contribution < 1.29 is 18.3 Å². The van der Waals surface area contributed by atoms with Crippen LogP contribution in [-0.2, 0) is 6.18 Å². The third kappa shape index (κ3) is 2.82. The Morgan fingerprint density at radius 2 is 2.11 bits per heavy atom. The van der Waals surface area contributed by atoms with Crippen molar-refractivity contribution in [3.8, 4) is 6.07 Å². The van der Waals surface area contributed by atoms with Crippen molar-refractivity contribution in [1.29, 1.82) is 5.26 Å². The fourth-order valence-corrected chi connectivity index (χ4v) is 2.25. The molecule has 1 aliphatic rings. The molecule has 0 aliphatic carbocycles. The van der Waals surface area contributed by atoms with Crippen LogP contribution in [0.5, 0.6) is 0 Å². The SMILES string of the molecule is CC1(O)CCN(c2cc(C#N)ccc2C(F)(F)F)C1. The van der Waals surface area contributed by atoms with E-state index in [-0.39, 0.29) is 17.8 Å². The van der Waals surface area contributed by atoms with Crippen molar-refractivity contribution >= 4 is 5.69 Å². The first kappa shape index (κ1) is 13.7. The number of nitrogens with zero attached hydrogens (tertiary/aromatic N) is 2. The molecule has 0 bridgehead atoms. The van der Waals surface area contributed by atoms with Crippen LogP contribution in [0.4, 0.5) is 18.9 Å². The molecule has 0 spiro atoms. The van der Waals surface area contributed by atoms with Crippen LogP contribution < -0.4 is 4.90 Å². The van der Waals surface area contributed by atoms with Crippen molar-refractivity contribution in [3.05, 3.63) is 29.3 Å². The van der Waals surface area contributed by atoms with E-state index in [1.165, 1.54) is 11.0 Å². The predicted octanol–water partition coefficient (Wildman–Crippen LogP) is 2.54. The Hall–Kier alpha value is -1.74. The van der Waals surface area contributed by atoms with E-state index in [0.29, 0.717) is 13.0 Å². The highest BCUT2D eigenvalue weighted by Crippen LogP contribution is 2.39. The summed E-state index contributed by atoms with van der Waals surface area (Å²) in [6, 6.07) is 5.13. The summed E-state index contributed by atoms with van der Waals surface area (Å²) in [5, 5.41) is 18.7. The van der Waals surface area contributed by atoms with Gasteiger partial charge in [0.2, 0.25) is 0 Å². The molecule has 102 valence electrons. The van der Waals surface area contributed by atoms with Crippen molar-refractivity contribution in [1.82, 2.24) is 0 Å². The maximum absolute atomic E-state index is 13.0. The van der Waals surface area contributed by atoms with Gasteiger partial charge in [0.25, 0.3) is 0 Å². The molecule has 0 aromatic heterocycles. The second-order valence-corrected chi connectivity index (χ2v) is 5.01. The predicted molar refractivity (Wildman–Crippen MR) is 63.6 cm³/mol. The van der Waals surface area contributed by atoms with Crippen LogP contribution >= 0.6 is 0 Å². The van der Waals surface area contributed by atoms with Crippen LogP contribution in [0.3, 0.4) is 0 Å². The van der Waals surface area contributed by atoms with Gasteiger partial charge in [0.15, 0.2) is 0 Å². The fourth-order valence-electron chi connectivity index (χ4n) is 2.25. The highest BCUT2D eigenvalue weighted by atomic mass is 19.4. The molecule has 0 amide bonds. The zero-order valence-corrected chi connectivity index (χ0v) is 10.3. The molecule has 1 atom stereocenters. The third-order valence-corrected chi connectivity index (χ3v) is 3.22. The van der Waals surface area contributed by atoms with Crippen LogP contribution in [0.25, 0.3) is 0 Å². The Morgan fingerprint density at radius 3 is 2.58 bits per heavy atom. The molecule has 1 fully saturated rings. The van der Waals surface area contributed by atoms with E-state index >= 15 is 0 Å². The Bertz CT molecular complexity index is 532. The largest absolute Gasteiger partial charge is 0.418 e. The van der Waals surface area contributed by atoms with Gasteiger partial charge in [-0.25, -0.2) is 0 Å². The lowest BCUT2D eigenvalue weighted by Gasteiger charge is -2.24. The number of anilines is 1. The average Bonchev–Trinajstić information content (AvgIpc) is 2.67. The summed E-state index contributed by atoms with van der Waals surface area (Å²) in [4.78, 5) is 1.48. The number of benzene rings is 1. The molecule has 1 aliphatic heterocycles. The summed E-state index contributed by atoms with van der Waals surface area (Å²) >= 11 is 0. The van der Waals surface area contributed by atoms with Gasteiger partial charge < -0.3 is 10.0 Å². The van der Waals surface area contributed by atoms with Crippen LogP contribution in [0, 0.1) is 11.3 Å². The van der Waals surface area contributed by atoms with Crippen molar-refractivity contribution in [2.45, 2.75) is 25.1 Å². The molecule has 19 heavy (non-hydrogen) atoms. The highest BCUT2D eigenvalue weighted by Gasteiger charge is 2.38. The van der Waals surface area contributed by atoms with Gasteiger partial charge in [-0.1, -0.05) is 0 Å². The minimum atomic E-state index is -4.47. The smallest absolute Gasteiger partial charge is 0.388 e. The van der Waals surface area contributed by atoms with Gasteiger partial charge in [-0.2, -0.15) is 18.4 Å². The number of aliphatic hydroxyl groups is 1. The molecule has 1 aromatic rings. The van der Waals surface area contributed by atoms with E-state index in [0.717, 1.165) is 12.1 Å². The summed E-state index contributed by atoms with van der Waals surface area (Å²) < 4.78 is 38.9. The van der Waals surface area contributed by atoms with E-state index in [1.54, 1.807) is 6.92 Å².